The van der Waals surface area contributed by atoms with Crippen LogP contribution in [0, 0.1) is 5.92 Å². The largest absolute Gasteiger partial charge is 0.343 e. The lowest BCUT2D eigenvalue weighted by Crippen LogP contribution is -2.53. The zero-order valence-electron chi connectivity index (χ0n) is 30.2. The van der Waals surface area contributed by atoms with E-state index in [1.165, 1.54) is 11.1 Å². The molecule has 6 rings (SSSR count). The summed E-state index contributed by atoms with van der Waals surface area (Å²) in [5.74, 6) is -0.171. The van der Waals surface area contributed by atoms with Crippen molar-refractivity contribution in [2.24, 2.45) is 5.92 Å². The van der Waals surface area contributed by atoms with Gasteiger partial charge in [0.05, 0.1) is 5.92 Å². The molecule has 266 valence electrons. The van der Waals surface area contributed by atoms with Crippen LogP contribution in [0.2, 0.25) is 0 Å². The molecule has 4 aliphatic heterocycles. The molecule has 0 aromatic heterocycles. The van der Waals surface area contributed by atoms with E-state index in [2.05, 4.69) is 65.2 Å². The second kappa shape index (κ2) is 16.5. The number of rotatable bonds is 10. The van der Waals surface area contributed by atoms with Gasteiger partial charge in [-0.1, -0.05) is 56.7 Å². The minimum atomic E-state index is -0.373. The maximum Gasteiger partial charge on any atom is 0.322 e. The summed E-state index contributed by atoms with van der Waals surface area (Å²) < 4.78 is 0. The third-order valence-corrected chi connectivity index (χ3v) is 11.7. The molecule has 3 saturated heterocycles. The lowest BCUT2D eigenvalue weighted by molar-refractivity contribution is -0.143. The molecule has 0 bridgehead atoms. The Bertz CT molecular complexity index is 1440. The molecule has 0 aliphatic carbocycles. The smallest absolute Gasteiger partial charge is 0.322 e. The van der Waals surface area contributed by atoms with E-state index in [1.807, 2.05) is 28.0 Å². The van der Waals surface area contributed by atoms with Crippen molar-refractivity contribution in [3.63, 3.8) is 0 Å². The number of benzene rings is 2. The number of piperidine rings is 2. The van der Waals surface area contributed by atoms with Gasteiger partial charge in [-0.2, -0.15) is 0 Å². The number of anilines is 1. The number of piperazine rings is 1. The average Bonchev–Trinajstić information content (AvgIpc) is 3.30. The van der Waals surface area contributed by atoms with Crippen LogP contribution in [0.5, 0.6) is 0 Å². The van der Waals surface area contributed by atoms with Crippen molar-refractivity contribution in [3.8, 4) is 0 Å². The number of hydrogen-bond donors (Lipinski definition) is 1. The monoisotopic (exact) mass is 670 g/mol. The Labute approximate surface area is 294 Å². The molecule has 0 saturated carbocycles. The van der Waals surface area contributed by atoms with E-state index < -0.39 is 0 Å². The SMILES string of the molecule is CCCc1cc(C[C@@H](CC(=O)N2CCC(N3CCc4ccccc4NC3=O)CC2)C(=O)N2CCC(N3CCN(C)CC3)CC2)ccc1CC. The molecule has 4 amide bonds. The van der Waals surface area contributed by atoms with Gasteiger partial charge < -0.3 is 24.9 Å². The van der Waals surface area contributed by atoms with Crippen LogP contribution >= 0.6 is 0 Å². The zero-order chi connectivity index (χ0) is 34.3. The van der Waals surface area contributed by atoms with Crippen molar-refractivity contribution in [2.45, 2.75) is 90.1 Å². The molecular weight excluding hydrogens is 612 g/mol. The van der Waals surface area contributed by atoms with Crippen molar-refractivity contribution in [2.75, 3.05) is 71.3 Å². The van der Waals surface area contributed by atoms with Crippen LogP contribution in [0.3, 0.4) is 0 Å². The quantitative estimate of drug-likeness (QED) is 0.382. The fourth-order valence-corrected chi connectivity index (χ4v) is 8.59. The normalized spacial score (nSPS) is 20.9. The van der Waals surface area contributed by atoms with Gasteiger partial charge in [-0.3, -0.25) is 14.5 Å². The summed E-state index contributed by atoms with van der Waals surface area (Å²) in [7, 11) is 2.19. The maximum absolute atomic E-state index is 14.3. The number of fused-ring (bicyclic) bond motifs is 1. The van der Waals surface area contributed by atoms with E-state index in [4.69, 9.17) is 0 Å². The number of nitrogens with one attached hydrogen (secondary N) is 1. The van der Waals surface area contributed by atoms with Crippen LogP contribution < -0.4 is 5.32 Å². The van der Waals surface area contributed by atoms with Gasteiger partial charge in [0, 0.05) is 83.1 Å². The first-order valence-corrected chi connectivity index (χ1v) is 19.1. The second-order valence-electron chi connectivity index (χ2n) is 14.9. The Morgan fingerprint density at radius 2 is 1.51 bits per heavy atom. The molecule has 0 spiro atoms. The summed E-state index contributed by atoms with van der Waals surface area (Å²) in [5.41, 5.74) is 5.96. The van der Waals surface area contributed by atoms with E-state index in [-0.39, 0.29) is 36.2 Å². The highest BCUT2D eigenvalue weighted by Crippen LogP contribution is 2.27. The number of nitrogens with zero attached hydrogens (tertiary/aromatic N) is 5. The molecular formula is C40H58N6O3. The predicted molar refractivity (Wildman–Crippen MR) is 196 cm³/mol. The molecule has 49 heavy (non-hydrogen) atoms. The summed E-state index contributed by atoms with van der Waals surface area (Å²) in [4.78, 5) is 52.4. The number of carbonyl (C=O) groups excluding carboxylic acids is 3. The van der Waals surface area contributed by atoms with Crippen LogP contribution in [0.4, 0.5) is 10.5 Å². The topological polar surface area (TPSA) is 79.4 Å². The van der Waals surface area contributed by atoms with Gasteiger partial charge in [0.2, 0.25) is 11.8 Å². The molecule has 4 heterocycles. The van der Waals surface area contributed by atoms with Crippen LogP contribution in [-0.2, 0) is 35.3 Å². The maximum atomic E-state index is 14.3. The van der Waals surface area contributed by atoms with Crippen molar-refractivity contribution in [1.82, 2.24) is 24.5 Å². The Hall–Kier alpha value is -3.43. The summed E-state index contributed by atoms with van der Waals surface area (Å²) in [5, 5.41) is 3.10. The summed E-state index contributed by atoms with van der Waals surface area (Å²) in [6.07, 6.45) is 8.29. The molecule has 1 atom stereocenters. The Morgan fingerprint density at radius 1 is 0.816 bits per heavy atom. The van der Waals surface area contributed by atoms with E-state index >= 15 is 0 Å². The average molecular weight is 671 g/mol. The van der Waals surface area contributed by atoms with E-state index in [0.29, 0.717) is 32.1 Å². The van der Waals surface area contributed by atoms with Gasteiger partial charge in [0.25, 0.3) is 0 Å². The van der Waals surface area contributed by atoms with Gasteiger partial charge in [-0.05, 0) is 86.7 Å². The highest BCUT2D eigenvalue weighted by atomic mass is 16.2. The molecule has 1 N–H and O–H groups in total. The minimum Gasteiger partial charge on any atom is -0.343 e. The highest BCUT2D eigenvalue weighted by Gasteiger charge is 2.35. The first-order valence-electron chi connectivity index (χ1n) is 19.1. The van der Waals surface area contributed by atoms with Crippen LogP contribution in [0.25, 0.3) is 0 Å². The van der Waals surface area contributed by atoms with Crippen molar-refractivity contribution in [3.05, 3.63) is 64.7 Å². The number of carbonyl (C=O) groups is 3. The van der Waals surface area contributed by atoms with Crippen molar-refractivity contribution >= 4 is 23.5 Å². The van der Waals surface area contributed by atoms with Crippen molar-refractivity contribution in [1.29, 1.82) is 0 Å². The number of likely N-dealkylation sites (tertiary alicyclic amines) is 2. The number of likely N-dealkylation sites (N-methyl/N-ethyl adjacent to an activating group) is 1. The van der Waals surface area contributed by atoms with E-state index in [0.717, 1.165) is 107 Å². The first kappa shape index (κ1) is 35.4. The molecule has 0 radical (unpaired) electrons. The zero-order valence-corrected chi connectivity index (χ0v) is 30.2. The molecule has 3 fully saturated rings. The van der Waals surface area contributed by atoms with Crippen LogP contribution in [0.1, 0.15) is 74.6 Å². The third kappa shape index (κ3) is 8.66. The predicted octanol–water partition coefficient (Wildman–Crippen LogP) is 5.07. The lowest BCUT2D eigenvalue weighted by atomic mass is 9.89. The molecule has 9 heteroatoms. The Kier molecular flexibility index (Phi) is 11.9. The minimum absolute atomic E-state index is 0.0479. The van der Waals surface area contributed by atoms with Gasteiger partial charge in [-0.15, -0.1) is 0 Å². The number of para-hydroxylation sites is 1. The summed E-state index contributed by atoms with van der Waals surface area (Å²) in [6.45, 7) is 12.3. The highest BCUT2D eigenvalue weighted by molar-refractivity contribution is 5.91. The third-order valence-electron chi connectivity index (χ3n) is 11.7. The standard InChI is InChI=1S/C40H58N6O3/c1-4-8-33-27-30(11-12-31(33)5-2)28-34(39(48)45-20-14-35(15-21-45)43-25-23-42(3)24-26-43)29-38(47)44-18-16-36(17-19-44)46-22-13-32-9-6-7-10-37(32)41-40(46)49/h6-7,9-12,27,34-36H,4-5,8,13-26,28-29H2,1-3H3,(H,41,49)/t34-/m0/s1. The van der Waals surface area contributed by atoms with Crippen molar-refractivity contribution < 1.29 is 14.4 Å². The first-order chi connectivity index (χ1) is 23.8. The van der Waals surface area contributed by atoms with Gasteiger partial charge in [-0.25, -0.2) is 4.79 Å². The number of hydrogen-bond acceptors (Lipinski definition) is 5. The van der Waals surface area contributed by atoms with Gasteiger partial charge in [0.15, 0.2) is 0 Å². The Morgan fingerprint density at radius 3 is 2.22 bits per heavy atom. The summed E-state index contributed by atoms with van der Waals surface area (Å²) >= 11 is 0. The molecule has 0 unspecified atom stereocenters. The van der Waals surface area contributed by atoms with Crippen LogP contribution in [0.15, 0.2) is 42.5 Å². The second-order valence-corrected chi connectivity index (χ2v) is 14.9. The van der Waals surface area contributed by atoms with E-state index in [1.54, 1.807) is 0 Å². The lowest BCUT2D eigenvalue weighted by Gasteiger charge is -2.42. The van der Waals surface area contributed by atoms with E-state index in [9.17, 15) is 14.4 Å². The number of aryl methyl sites for hydroxylation is 2. The fourth-order valence-electron chi connectivity index (χ4n) is 8.59. The summed E-state index contributed by atoms with van der Waals surface area (Å²) in [6, 6.07) is 15.3. The number of urea groups is 1. The number of amides is 4. The van der Waals surface area contributed by atoms with Crippen LogP contribution in [-0.4, -0.2) is 120 Å². The van der Waals surface area contributed by atoms with Gasteiger partial charge in [0.1, 0.15) is 0 Å². The van der Waals surface area contributed by atoms with Gasteiger partial charge >= 0.3 is 6.03 Å². The fraction of sp³-hybridized carbons (Fsp3) is 0.625. The molecule has 2 aromatic carbocycles. The molecule has 2 aromatic rings. The molecule has 4 aliphatic rings. The Balaban J connectivity index is 1.09. The molecule has 9 nitrogen and oxygen atoms in total.